The van der Waals surface area contributed by atoms with Crippen molar-refractivity contribution < 1.29 is 9.53 Å². The Hall–Kier alpha value is -2.19. The fourth-order valence-corrected chi connectivity index (χ4v) is 1.88. The number of nitriles is 1. The lowest BCUT2D eigenvalue weighted by atomic mass is 10.1. The van der Waals surface area contributed by atoms with Crippen molar-refractivity contribution in [2.24, 2.45) is 0 Å². The zero-order valence-electron chi connectivity index (χ0n) is 10.5. The van der Waals surface area contributed by atoms with Gasteiger partial charge in [-0.15, -0.1) is 0 Å². The van der Waals surface area contributed by atoms with Crippen LogP contribution in [-0.2, 0) is 9.53 Å². The molecule has 0 bridgehead atoms. The van der Waals surface area contributed by atoms with Crippen molar-refractivity contribution in [3.63, 3.8) is 0 Å². The van der Waals surface area contributed by atoms with Gasteiger partial charge in [0.15, 0.2) is 0 Å². The second-order valence-electron chi connectivity index (χ2n) is 4.30. The quantitative estimate of drug-likeness (QED) is 0.651. The van der Waals surface area contributed by atoms with Crippen LogP contribution in [0.4, 0.5) is 0 Å². The van der Waals surface area contributed by atoms with Gasteiger partial charge in [-0.05, 0) is 30.5 Å². The minimum atomic E-state index is -0.373. The third-order valence-corrected chi connectivity index (χ3v) is 2.87. The number of rotatable bonds is 4. The van der Waals surface area contributed by atoms with E-state index in [9.17, 15) is 4.79 Å². The van der Waals surface area contributed by atoms with Crippen molar-refractivity contribution in [3.8, 4) is 6.07 Å². The molecular weight excluding hydrogens is 242 g/mol. The highest BCUT2D eigenvalue weighted by atomic mass is 16.5. The number of carbonyl (C=O) groups excluding carboxylic acids is 1. The molecule has 0 spiro atoms. The molecule has 5 nitrogen and oxygen atoms in total. The zero-order chi connectivity index (χ0) is 13.5. The highest BCUT2D eigenvalue weighted by Crippen LogP contribution is 2.11. The van der Waals surface area contributed by atoms with Gasteiger partial charge in [-0.2, -0.15) is 5.26 Å². The fraction of sp³-hybridized carbons (Fsp3) is 0.357. The van der Waals surface area contributed by atoms with E-state index in [1.165, 1.54) is 6.08 Å². The standard InChI is InChI=1S/C14H15N3O2/c15-8-12(7-11-3-1-5-16-9-11)14(18)17-10-13-4-2-6-19-13/h1,3,5,7,9,13H,2,4,6,10H2,(H,17,18)/b12-7+. The van der Waals surface area contributed by atoms with E-state index in [2.05, 4.69) is 10.3 Å². The molecule has 98 valence electrons. The van der Waals surface area contributed by atoms with Crippen LogP contribution >= 0.6 is 0 Å². The molecule has 5 heteroatoms. The number of ether oxygens (including phenoxy) is 1. The maximum atomic E-state index is 11.9. The number of hydrogen-bond acceptors (Lipinski definition) is 4. The van der Waals surface area contributed by atoms with E-state index in [0.29, 0.717) is 6.54 Å². The number of nitrogens with zero attached hydrogens (tertiary/aromatic N) is 2. The first-order valence-corrected chi connectivity index (χ1v) is 6.21. The third-order valence-electron chi connectivity index (χ3n) is 2.87. The Labute approximate surface area is 111 Å². The number of amides is 1. The highest BCUT2D eigenvalue weighted by Gasteiger charge is 2.17. The predicted octanol–water partition coefficient (Wildman–Crippen LogP) is 1.28. The maximum absolute atomic E-state index is 11.9. The Balaban J connectivity index is 1.95. The highest BCUT2D eigenvalue weighted by molar-refractivity contribution is 6.01. The lowest BCUT2D eigenvalue weighted by Crippen LogP contribution is -2.32. The fourth-order valence-electron chi connectivity index (χ4n) is 1.88. The average Bonchev–Trinajstić information content (AvgIpc) is 2.96. The normalized spacial score (nSPS) is 18.9. The van der Waals surface area contributed by atoms with Crippen LogP contribution in [0.1, 0.15) is 18.4 Å². The molecule has 1 unspecified atom stereocenters. The number of carbonyl (C=O) groups is 1. The van der Waals surface area contributed by atoms with Gasteiger partial charge < -0.3 is 10.1 Å². The SMILES string of the molecule is N#C/C(=C\c1cccnc1)C(=O)NCC1CCCO1. The smallest absolute Gasteiger partial charge is 0.262 e. The summed E-state index contributed by atoms with van der Waals surface area (Å²) in [6.45, 7) is 1.20. The number of nitrogens with one attached hydrogen (secondary N) is 1. The molecule has 2 heterocycles. The van der Waals surface area contributed by atoms with Crippen LogP contribution in [0.3, 0.4) is 0 Å². The van der Waals surface area contributed by atoms with Crippen LogP contribution in [0.15, 0.2) is 30.1 Å². The van der Waals surface area contributed by atoms with Crippen molar-refractivity contribution >= 4 is 12.0 Å². The summed E-state index contributed by atoms with van der Waals surface area (Å²) < 4.78 is 5.41. The molecule has 1 amide bonds. The second-order valence-corrected chi connectivity index (χ2v) is 4.30. The maximum Gasteiger partial charge on any atom is 0.262 e. The van der Waals surface area contributed by atoms with Crippen molar-refractivity contribution in [1.29, 1.82) is 5.26 Å². The summed E-state index contributed by atoms with van der Waals surface area (Å²) >= 11 is 0. The summed E-state index contributed by atoms with van der Waals surface area (Å²) in [6, 6.07) is 5.45. The van der Waals surface area contributed by atoms with Gasteiger partial charge >= 0.3 is 0 Å². The summed E-state index contributed by atoms with van der Waals surface area (Å²) in [5.41, 5.74) is 0.803. The first kappa shape index (κ1) is 13.2. The van der Waals surface area contributed by atoms with Crippen molar-refractivity contribution in [2.75, 3.05) is 13.2 Å². The molecule has 1 fully saturated rings. The molecule has 1 aliphatic rings. The van der Waals surface area contributed by atoms with Gasteiger partial charge in [0.1, 0.15) is 11.6 Å². The van der Waals surface area contributed by atoms with Gasteiger partial charge in [0.2, 0.25) is 0 Å². The zero-order valence-corrected chi connectivity index (χ0v) is 10.5. The monoisotopic (exact) mass is 257 g/mol. The van der Waals surface area contributed by atoms with Crippen molar-refractivity contribution in [1.82, 2.24) is 10.3 Å². The first-order chi connectivity index (χ1) is 9.29. The van der Waals surface area contributed by atoms with Crippen LogP contribution in [0.5, 0.6) is 0 Å². The summed E-state index contributed by atoms with van der Waals surface area (Å²) in [6.07, 6.45) is 6.82. The lowest BCUT2D eigenvalue weighted by Gasteiger charge is -2.10. The Morgan fingerprint density at radius 2 is 2.58 bits per heavy atom. The van der Waals surface area contributed by atoms with Gasteiger partial charge in [-0.25, -0.2) is 0 Å². The van der Waals surface area contributed by atoms with Gasteiger partial charge in [0, 0.05) is 25.5 Å². The predicted molar refractivity (Wildman–Crippen MR) is 69.8 cm³/mol. The molecule has 1 aromatic heterocycles. The van der Waals surface area contributed by atoms with Crippen LogP contribution in [-0.4, -0.2) is 30.1 Å². The molecule has 1 N–H and O–H groups in total. The Morgan fingerprint density at radius 1 is 1.68 bits per heavy atom. The third kappa shape index (κ3) is 3.90. The molecule has 1 aromatic rings. The van der Waals surface area contributed by atoms with Crippen molar-refractivity contribution in [3.05, 3.63) is 35.7 Å². The summed E-state index contributed by atoms with van der Waals surface area (Å²) in [5.74, 6) is -0.373. The van der Waals surface area contributed by atoms with Gasteiger partial charge in [0.25, 0.3) is 5.91 Å². The van der Waals surface area contributed by atoms with Crippen LogP contribution in [0, 0.1) is 11.3 Å². The molecule has 1 aliphatic heterocycles. The van der Waals surface area contributed by atoms with E-state index in [1.54, 1.807) is 24.5 Å². The molecule has 0 aliphatic carbocycles. The number of hydrogen-bond donors (Lipinski definition) is 1. The van der Waals surface area contributed by atoms with E-state index >= 15 is 0 Å². The van der Waals surface area contributed by atoms with Gasteiger partial charge in [-0.3, -0.25) is 9.78 Å². The largest absolute Gasteiger partial charge is 0.376 e. The number of aromatic nitrogens is 1. The van der Waals surface area contributed by atoms with Crippen LogP contribution in [0.25, 0.3) is 6.08 Å². The van der Waals surface area contributed by atoms with E-state index in [0.717, 1.165) is 25.0 Å². The molecule has 2 rings (SSSR count). The summed E-state index contributed by atoms with van der Waals surface area (Å²) in [4.78, 5) is 15.8. The molecular formula is C14H15N3O2. The van der Waals surface area contributed by atoms with Crippen molar-refractivity contribution in [2.45, 2.75) is 18.9 Å². The molecule has 19 heavy (non-hydrogen) atoms. The Kier molecular flexibility index (Phi) is 4.65. The molecule has 0 aromatic carbocycles. The van der Waals surface area contributed by atoms with E-state index in [-0.39, 0.29) is 17.6 Å². The minimum Gasteiger partial charge on any atom is -0.376 e. The van der Waals surface area contributed by atoms with Gasteiger partial charge in [-0.1, -0.05) is 6.07 Å². The topological polar surface area (TPSA) is 75.0 Å². The van der Waals surface area contributed by atoms with E-state index in [4.69, 9.17) is 10.00 Å². The van der Waals surface area contributed by atoms with Gasteiger partial charge in [0.05, 0.1) is 6.10 Å². The summed E-state index contributed by atoms with van der Waals surface area (Å²) in [7, 11) is 0. The van der Waals surface area contributed by atoms with Crippen LogP contribution in [0.2, 0.25) is 0 Å². The first-order valence-electron chi connectivity index (χ1n) is 6.21. The molecule has 0 saturated carbocycles. The Morgan fingerprint density at radius 3 is 3.21 bits per heavy atom. The molecule has 0 radical (unpaired) electrons. The Bertz CT molecular complexity index is 499. The average molecular weight is 257 g/mol. The second kappa shape index (κ2) is 6.66. The molecule has 1 atom stereocenters. The van der Waals surface area contributed by atoms with E-state index in [1.807, 2.05) is 6.07 Å². The van der Waals surface area contributed by atoms with Crippen LogP contribution < -0.4 is 5.32 Å². The minimum absolute atomic E-state index is 0.0716. The number of pyridine rings is 1. The summed E-state index contributed by atoms with van der Waals surface area (Å²) in [5, 5.41) is 11.7. The molecule has 1 saturated heterocycles. The van der Waals surface area contributed by atoms with E-state index < -0.39 is 0 Å². The lowest BCUT2D eigenvalue weighted by molar-refractivity contribution is -0.117.